The minimum absolute atomic E-state index is 0.0440. The second-order valence-electron chi connectivity index (χ2n) is 9.41. The van der Waals surface area contributed by atoms with E-state index in [2.05, 4.69) is 4.99 Å². The van der Waals surface area contributed by atoms with Crippen LogP contribution in [0.4, 0.5) is 5.69 Å². The number of nitro benzene ring substituents is 1. The Morgan fingerprint density at radius 1 is 1.07 bits per heavy atom. The van der Waals surface area contributed by atoms with Gasteiger partial charge in [-0.3, -0.25) is 19.5 Å². The molecule has 1 aromatic heterocycles. The van der Waals surface area contributed by atoms with E-state index in [9.17, 15) is 19.7 Å². The number of esters is 1. The molecule has 42 heavy (non-hydrogen) atoms. The summed E-state index contributed by atoms with van der Waals surface area (Å²) < 4.78 is 18.2. The number of rotatable bonds is 10. The van der Waals surface area contributed by atoms with E-state index < -0.39 is 16.9 Å². The Kier molecular flexibility index (Phi) is 8.70. The summed E-state index contributed by atoms with van der Waals surface area (Å²) in [6.07, 6.45) is 1.59. The molecule has 1 aliphatic rings. The van der Waals surface area contributed by atoms with Gasteiger partial charge in [0.25, 0.3) is 11.2 Å². The maximum atomic E-state index is 13.8. The van der Waals surface area contributed by atoms with Crippen molar-refractivity contribution in [1.82, 2.24) is 4.57 Å². The molecule has 0 fully saturated rings. The van der Waals surface area contributed by atoms with Crippen LogP contribution in [0.2, 0.25) is 0 Å². The van der Waals surface area contributed by atoms with Crippen LogP contribution in [0.15, 0.2) is 99.9 Å². The molecule has 0 spiro atoms. The number of fused-ring (bicyclic) bond motifs is 1. The first-order valence-electron chi connectivity index (χ1n) is 13.1. The second-order valence-corrected chi connectivity index (χ2v) is 10.4. The van der Waals surface area contributed by atoms with Gasteiger partial charge in [-0.25, -0.2) is 9.79 Å². The Bertz CT molecular complexity index is 1830. The van der Waals surface area contributed by atoms with Crippen LogP contribution in [-0.2, 0) is 20.9 Å². The number of allylic oxidation sites excluding steroid dienone is 1. The molecule has 5 rings (SSSR count). The van der Waals surface area contributed by atoms with Gasteiger partial charge in [0.15, 0.2) is 4.80 Å². The van der Waals surface area contributed by atoms with Crippen LogP contribution in [0.25, 0.3) is 6.08 Å². The van der Waals surface area contributed by atoms with Crippen LogP contribution >= 0.6 is 11.3 Å². The van der Waals surface area contributed by atoms with Gasteiger partial charge in [0, 0.05) is 19.2 Å². The van der Waals surface area contributed by atoms with Gasteiger partial charge in [0.05, 0.1) is 33.4 Å². The van der Waals surface area contributed by atoms with Gasteiger partial charge in [-0.05, 0) is 41.8 Å². The van der Waals surface area contributed by atoms with E-state index in [4.69, 9.17) is 14.2 Å². The van der Waals surface area contributed by atoms with Gasteiger partial charge in [-0.2, -0.15) is 0 Å². The number of hydrogen-bond donors (Lipinski definition) is 0. The first kappa shape index (κ1) is 28.7. The van der Waals surface area contributed by atoms with E-state index in [0.717, 1.165) is 16.9 Å². The molecule has 10 nitrogen and oxygen atoms in total. The number of carbonyl (C=O) groups is 1. The molecule has 0 saturated carbocycles. The Morgan fingerprint density at radius 3 is 2.55 bits per heavy atom. The Balaban J connectivity index is 1.55. The third-order valence-electron chi connectivity index (χ3n) is 6.59. The van der Waals surface area contributed by atoms with E-state index in [1.54, 1.807) is 37.3 Å². The molecule has 0 bridgehead atoms. The molecular weight excluding hydrogens is 558 g/mol. The molecule has 0 N–H and O–H groups in total. The molecule has 0 amide bonds. The van der Waals surface area contributed by atoms with Gasteiger partial charge in [-0.1, -0.05) is 65.9 Å². The number of carbonyl (C=O) groups excluding carboxylic acids is 1. The number of non-ortho nitro benzene ring substituents is 1. The van der Waals surface area contributed by atoms with Gasteiger partial charge in [0.2, 0.25) is 0 Å². The van der Waals surface area contributed by atoms with Gasteiger partial charge in [-0.15, -0.1) is 0 Å². The lowest BCUT2D eigenvalue weighted by molar-refractivity contribution is -0.384. The summed E-state index contributed by atoms with van der Waals surface area (Å²) in [6, 6.07) is 22.2. The van der Waals surface area contributed by atoms with Crippen LogP contribution in [0.1, 0.15) is 29.7 Å². The van der Waals surface area contributed by atoms with Crippen molar-refractivity contribution in [2.24, 2.45) is 4.99 Å². The Hall–Kier alpha value is -4.87. The number of thiazole rings is 1. The molecule has 4 aromatic rings. The summed E-state index contributed by atoms with van der Waals surface area (Å²) in [4.78, 5) is 42.9. The number of nitrogens with zero attached hydrogens (tertiary/aromatic N) is 3. The highest BCUT2D eigenvalue weighted by atomic mass is 32.1. The zero-order valence-electron chi connectivity index (χ0n) is 22.9. The molecule has 1 unspecified atom stereocenters. The van der Waals surface area contributed by atoms with E-state index >= 15 is 0 Å². The molecule has 1 aliphatic heterocycles. The minimum atomic E-state index is -0.813. The van der Waals surface area contributed by atoms with Crippen LogP contribution in [0, 0.1) is 10.1 Å². The third kappa shape index (κ3) is 6.22. The topological polar surface area (TPSA) is 122 Å². The highest BCUT2D eigenvalue weighted by Gasteiger charge is 2.33. The molecule has 3 aromatic carbocycles. The number of benzene rings is 3. The summed E-state index contributed by atoms with van der Waals surface area (Å²) in [5.41, 5.74) is 2.39. The molecule has 2 heterocycles. The van der Waals surface area contributed by atoms with Crippen molar-refractivity contribution in [3.63, 3.8) is 0 Å². The van der Waals surface area contributed by atoms with Crippen LogP contribution < -0.4 is 19.6 Å². The molecular formula is C31H27N3O7S. The maximum Gasteiger partial charge on any atom is 0.338 e. The van der Waals surface area contributed by atoms with Crippen molar-refractivity contribution < 1.29 is 23.9 Å². The number of ether oxygens (including phenoxy) is 3. The van der Waals surface area contributed by atoms with Crippen molar-refractivity contribution in [2.75, 3.05) is 20.3 Å². The summed E-state index contributed by atoms with van der Waals surface area (Å²) in [5, 5.41) is 11.2. The molecule has 11 heteroatoms. The highest BCUT2D eigenvalue weighted by molar-refractivity contribution is 7.07. The van der Waals surface area contributed by atoms with Crippen LogP contribution in [-0.4, -0.2) is 35.8 Å². The van der Waals surface area contributed by atoms with E-state index in [1.165, 1.54) is 23.8 Å². The number of nitro groups is 1. The summed E-state index contributed by atoms with van der Waals surface area (Å²) in [6.45, 7) is 2.36. The Morgan fingerprint density at radius 2 is 1.83 bits per heavy atom. The SMILES string of the molecule is COCCOC(=O)C1=C(C)N=c2sc(=Cc3cccc([N+](=O)[O-])c3)c(=O)n2C1c1ccc(OCc2ccccc2)cc1. The van der Waals surface area contributed by atoms with E-state index in [0.29, 0.717) is 38.5 Å². The maximum absolute atomic E-state index is 13.8. The zero-order valence-corrected chi connectivity index (χ0v) is 23.7. The summed E-state index contributed by atoms with van der Waals surface area (Å²) in [7, 11) is 1.51. The first-order chi connectivity index (χ1) is 20.4. The number of methoxy groups -OCH3 is 1. The highest BCUT2D eigenvalue weighted by Crippen LogP contribution is 2.32. The lowest BCUT2D eigenvalue weighted by Gasteiger charge is -2.25. The fourth-order valence-corrected chi connectivity index (χ4v) is 5.61. The quantitative estimate of drug-likeness (QED) is 0.120. The molecule has 214 valence electrons. The smallest absolute Gasteiger partial charge is 0.338 e. The monoisotopic (exact) mass is 585 g/mol. The van der Waals surface area contributed by atoms with Crippen molar-refractivity contribution in [3.8, 4) is 5.75 Å². The molecule has 0 aliphatic carbocycles. The predicted molar refractivity (Wildman–Crippen MR) is 157 cm³/mol. The van der Waals surface area contributed by atoms with Crippen molar-refractivity contribution in [1.29, 1.82) is 0 Å². The van der Waals surface area contributed by atoms with Gasteiger partial charge >= 0.3 is 5.97 Å². The standard InChI is InChI=1S/C31H27N3O7S/c1-20-27(30(36)40-16-15-39-2)28(23-11-13-25(14-12-23)41-19-21-7-4-3-5-8-21)33-29(35)26(42-31(33)32-20)18-22-9-6-10-24(17-22)34(37)38/h3-14,17-18,28H,15-16,19H2,1-2H3. The normalized spacial score (nSPS) is 14.7. The van der Waals surface area contributed by atoms with Crippen molar-refractivity contribution in [3.05, 3.63) is 137 Å². The number of aromatic nitrogens is 1. The first-order valence-corrected chi connectivity index (χ1v) is 13.9. The van der Waals surface area contributed by atoms with E-state index in [1.807, 2.05) is 42.5 Å². The lowest BCUT2D eigenvalue weighted by atomic mass is 9.96. The second kappa shape index (κ2) is 12.8. The molecule has 0 saturated heterocycles. The predicted octanol–water partition coefficient (Wildman–Crippen LogP) is 3.91. The van der Waals surface area contributed by atoms with Crippen molar-refractivity contribution >= 4 is 29.1 Å². The number of hydrogen-bond acceptors (Lipinski definition) is 9. The average Bonchev–Trinajstić information content (AvgIpc) is 3.30. The average molecular weight is 586 g/mol. The van der Waals surface area contributed by atoms with Crippen LogP contribution in [0.5, 0.6) is 5.75 Å². The van der Waals surface area contributed by atoms with E-state index in [-0.39, 0.29) is 30.0 Å². The Labute approximate surface area is 244 Å². The summed E-state index contributed by atoms with van der Waals surface area (Å²) >= 11 is 1.14. The van der Waals surface area contributed by atoms with Crippen molar-refractivity contribution in [2.45, 2.75) is 19.6 Å². The van der Waals surface area contributed by atoms with Crippen LogP contribution in [0.3, 0.4) is 0 Å². The fraction of sp³-hybridized carbons (Fsp3) is 0.194. The van der Waals surface area contributed by atoms with Gasteiger partial charge < -0.3 is 14.2 Å². The zero-order chi connectivity index (χ0) is 29.6. The lowest BCUT2D eigenvalue weighted by Crippen LogP contribution is -2.40. The fourth-order valence-electron chi connectivity index (χ4n) is 4.56. The minimum Gasteiger partial charge on any atom is -0.489 e. The third-order valence-corrected chi connectivity index (χ3v) is 7.57. The molecule has 1 atom stereocenters. The largest absolute Gasteiger partial charge is 0.489 e. The summed E-state index contributed by atoms with van der Waals surface area (Å²) in [5.74, 6) is 0.0290. The molecule has 0 radical (unpaired) electrons. The van der Waals surface area contributed by atoms with Gasteiger partial charge in [0.1, 0.15) is 19.0 Å².